The molecular formula is C12H11N3O. The minimum atomic E-state index is 0.521. The minimum Gasteiger partial charge on any atom is -0.497 e. The van der Waals surface area contributed by atoms with E-state index < -0.39 is 0 Å². The number of hydrogen-bond acceptors (Lipinski definition) is 3. The first-order chi connectivity index (χ1) is 7.79. The first-order valence-corrected chi connectivity index (χ1v) is 4.99. The molecule has 80 valence electrons. The molecule has 16 heavy (non-hydrogen) atoms. The maximum atomic E-state index is 5.82. The quantitative estimate of drug-likeness (QED) is 0.652. The summed E-state index contributed by atoms with van der Waals surface area (Å²) in [6.07, 6.45) is 1.71. The summed E-state index contributed by atoms with van der Waals surface area (Å²) in [5, 5.41) is 2.17. The van der Waals surface area contributed by atoms with E-state index in [9.17, 15) is 0 Å². The van der Waals surface area contributed by atoms with Crippen LogP contribution in [0.5, 0.6) is 5.75 Å². The van der Waals surface area contributed by atoms with Gasteiger partial charge in [0.2, 0.25) is 0 Å². The zero-order valence-electron chi connectivity index (χ0n) is 8.82. The predicted octanol–water partition coefficient (Wildman–Crippen LogP) is 2.31. The number of nitrogens with two attached hydrogens (primary N) is 1. The number of ether oxygens (including phenoxy) is 1. The fourth-order valence-electron chi connectivity index (χ4n) is 1.95. The number of methoxy groups -OCH3 is 1. The van der Waals surface area contributed by atoms with Gasteiger partial charge in [-0.2, -0.15) is 0 Å². The van der Waals surface area contributed by atoms with Gasteiger partial charge < -0.3 is 15.5 Å². The third-order valence-electron chi connectivity index (χ3n) is 2.76. The van der Waals surface area contributed by atoms with Crippen molar-refractivity contribution in [2.24, 2.45) is 0 Å². The average Bonchev–Trinajstić information content (AvgIpc) is 2.68. The summed E-state index contributed by atoms with van der Waals surface area (Å²) in [6, 6.07) is 7.84. The lowest BCUT2D eigenvalue weighted by Gasteiger charge is -1.98. The first kappa shape index (κ1) is 9.03. The molecule has 2 heterocycles. The molecule has 0 saturated heterocycles. The number of H-pyrrole nitrogens is 1. The van der Waals surface area contributed by atoms with Gasteiger partial charge in [-0.3, -0.25) is 0 Å². The van der Waals surface area contributed by atoms with Gasteiger partial charge in [-0.05, 0) is 24.3 Å². The molecule has 0 aliphatic heterocycles. The summed E-state index contributed by atoms with van der Waals surface area (Å²) < 4.78 is 5.21. The standard InChI is InChI=1S/C12H11N3O/c1-16-7-2-3-10-9(6-7)8-4-5-14-12(13)11(8)15-10/h2-6,15H,1H3,(H2,13,14). The summed E-state index contributed by atoms with van der Waals surface area (Å²) in [5.74, 6) is 1.36. The molecule has 0 spiro atoms. The van der Waals surface area contributed by atoms with Crippen LogP contribution in [0.3, 0.4) is 0 Å². The van der Waals surface area contributed by atoms with E-state index in [1.54, 1.807) is 13.3 Å². The first-order valence-electron chi connectivity index (χ1n) is 4.99. The van der Waals surface area contributed by atoms with Crippen LogP contribution in [-0.2, 0) is 0 Å². The topological polar surface area (TPSA) is 63.9 Å². The van der Waals surface area contributed by atoms with E-state index in [0.717, 1.165) is 27.6 Å². The van der Waals surface area contributed by atoms with Crippen molar-refractivity contribution in [3.8, 4) is 5.75 Å². The number of nitrogens with zero attached hydrogens (tertiary/aromatic N) is 1. The van der Waals surface area contributed by atoms with E-state index >= 15 is 0 Å². The minimum absolute atomic E-state index is 0.521. The highest BCUT2D eigenvalue weighted by Gasteiger charge is 2.07. The summed E-state index contributed by atoms with van der Waals surface area (Å²) in [5.41, 5.74) is 7.73. The highest BCUT2D eigenvalue weighted by molar-refractivity contribution is 6.10. The van der Waals surface area contributed by atoms with Gasteiger partial charge in [-0.15, -0.1) is 0 Å². The van der Waals surface area contributed by atoms with E-state index in [1.807, 2.05) is 24.3 Å². The smallest absolute Gasteiger partial charge is 0.147 e. The fraction of sp³-hybridized carbons (Fsp3) is 0.0833. The number of nitrogen functional groups attached to an aromatic ring is 1. The van der Waals surface area contributed by atoms with Crippen LogP contribution in [0, 0.1) is 0 Å². The molecule has 0 radical (unpaired) electrons. The van der Waals surface area contributed by atoms with Gasteiger partial charge in [-0.25, -0.2) is 4.98 Å². The summed E-state index contributed by atoms with van der Waals surface area (Å²) >= 11 is 0. The Morgan fingerprint density at radius 2 is 2.12 bits per heavy atom. The van der Waals surface area contributed by atoms with Crippen molar-refractivity contribution in [2.75, 3.05) is 12.8 Å². The normalized spacial score (nSPS) is 11.1. The Kier molecular flexibility index (Phi) is 1.77. The largest absolute Gasteiger partial charge is 0.497 e. The van der Waals surface area contributed by atoms with E-state index in [1.165, 1.54) is 0 Å². The Labute approximate surface area is 92.0 Å². The number of fused-ring (bicyclic) bond motifs is 3. The molecule has 0 unspecified atom stereocenters. The lowest BCUT2D eigenvalue weighted by atomic mass is 10.2. The van der Waals surface area contributed by atoms with Crippen molar-refractivity contribution in [1.82, 2.24) is 9.97 Å². The molecule has 2 aromatic heterocycles. The number of benzene rings is 1. The van der Waals surface area contributed by atoms with Gasteiger partial charge in [0.15, 0.2) is 0 Å². The Balaban J connectivity index is 2.47. The van der Waals surface area contributed by atoms with Crippen LogP contribution in [0.4, 0.5) is 5.82 Å². The summed E-state index contributed by atoms with van der Waals surface area (Å²) in [7, 11) is 1.66. The van der Waals surface area contributed by atoms with Gasteiger partial charge in [0, 0.05) is 22.5 Å². The van der Waals surface area contributed by atoms with E-state index in [2.05, 4.69) is 9.97 Å². The lowest BCUT2D eigenvalue weighted by molar-refractivity contribution is 0.415. The summed E-state index contributed by atoms with van der Waals surface area (Å²) in [6.45, 7) is 0. The van der Waals surface area contributed by atoms with Crippen LogP contribution in [0.2, 0.25) is 0 Å². The van der Waals surface area contributed by atoms with Crippen LogP contribution < -0.4 is 10.5 Å². The molecule has 3 rings (SSSR count). The monoisotopic (exact) mass is 213 g/mol. The van der Waals surface area contributed by atoms with E-state index in [-0.39, 0.29) is 0 Å². The van der Waals surface area contributed by atoms with Crippen LogP contribution in [-0.4, -0.2) is 17.1 Å². The second-order valence-corrected chi connectivity index (χ2v) is 3.66. The molecule has 0 saturated carbocycles. The van der Waals surface area contributed by atoms with Gasteiger partial charge in [0.25, 0.3) is 0 Å². The SMILES string of the molecule is COc1ccc2[nH]c3c(N)nccc3c2c1. The molecule has 4 nitrogen and oxygen atoms in total. The molecule has 0 bridgehead atoms. The third kappa shape index (κ3) is 1.13. The molecule has 1 aromatic carbocycles. The average molecular weight is 213 g/mol. The van der Waals surface area contributed by atoms with Crippen molar-refractivity contribution in [1.29, 1.82) is 0 Å². The molecule has 0 amide bonds. The van der Waals surface area contributed by atoms with Gasteiger partial charge in [0.1, 0.15) is 11.6 Å². The van der Waals surface area contributed by atoms with Gasteiger partial charge in [-0.1, -0.05) is 0 Å². The molecule has 0 aliphatic carbocycles. The molecule has 3 N–H and O–H groups in total. The molecule has 4 heteroatoms. The highest BCUT2D eigenvalue weighted by Crippen LogP contribution is 2.30. The molecule has 3 aromatic rings. The van der Waals surface area contributed by atoms with Crippen LogP contribution >= 0.6 is 0 Å². The van der Waals surface area contributed by atoms with E-state index in [0.29, 0.717) is 5.82 Å². The number of aromatic amines is 1. The number of pyridine rings is 1. The van der Waals surface area contributed by atoms with Crippen molar-refractivity contribution in [2.45, 2.75) is 0 Å². The van der Waals surface area contributed by atoms with Crippen molar-refractivity contribution in [3.63, 3.8) is 0 Å². The van der Waals surface area contributed by atoms with Crippen molar-refractivity contribution < 1.29 is 4.74 Å². The second-order valence-electron chi connectivity index (χ2n) is 3.66. The Bertz CT molecular complexity index is 672. The number of hydrogen-bond donors (Lipinski definition) is 2. The zero-order valence-corrected chi connectivity index (χ0v) is 8.82. The molecular weight excluding hydrogens is 202 g/mol. The maximum absolute atomic E-state index is 5.82. The Morgan fingerprint density at radius 3 is 2.94 bits per heavy atom. The number of rotatable bonds is 1. The molecule has 0 fully saturated rings. The Morgan fingerprint density at radius 1 is 1.25 bits per heavy atom. The second kappa shape index (κ2) is 3.13. The van der Waals surface area contributed by atoms with Gasteiger partial charge in [0.05, 0.1) is 12.6 Å². The highest BCUT2D eigenvalue weighted by atomic mass is 16.5. The fourth-order valence-corrected chi connectivity index (χ4v) is 1.95. The maximum Gasteiger partial charge on any atom is 0.147 e. The molecule has 0 atom stereocenters. The number of nitrogens with one attached hydrogen (secondary N) is 1. The Hall–Kier alpha value is -2.23. The number of anilines is 1. The number of aromatic nitrogens is 2. The van der Waals surface area contributed by atoms with Crippen molar-refractivity contribution in [3.05, 3.63) is 30.5 Å². The van der Waals surface area contributed by atoms with Crippen LogP contribution in [0.15, 0.2) is 30.5 Å². The third-order valence-corrected chi connectivity index (χ3v) is 2.76. The lowest BCUT2D eigenvalue weighted by Crippen LogP contribution is -1.89. The van der Waals surface area contributed by atoms with Gasteiger partial charge >= 0.3 is 0 Å². The predicted molar refractivity (Wildman–Crippen MR) is 64.6 cm³/mol. The van der Waals surface area contributed by atoms with E-state index in [4.69, 9.17) is 10.5 Å². The van der Waals surface area contributed by atoms with Crippen LogP contribution in [0.1, 0.15) is 0 Å². The zero-order chi connectivity index (χ0) is 11.1. The van der Waals surface area contributed by atoms with Crippen molar-refractivity contribution >= 4 is 27.6 Å². The molecule has 0 aliphatic rings. The summed E-state index contributed by atoms with van der Waals surface area (Å²) in [4.78, 5) is 7.31. The van der Waals surface area contributed by atoms with Crippen LogP contribution in [0.25, 0.3) is 21.8 Å².